The summed E-state index contributed by atoms with van der Waals surface area (Å²) in [7, 11) is 0. The second-order valence-corrected chi connectivity index (χ2v) is 8.90. The van der Waals surface area contributed by atoms with Gasteiger partial charge in [-0.3, -0.25) is 19.4 Å². The van der Waals surface area contributed by atoms with E-state index in [1.807, 2.05) is 30.5 Å². The Morgan fingerprint density at radius 1 is 1.23 bits per heavy atom. The number of thiophene rings is 1. The van der Waals surface area contributed by atoms with Crippen molar-refractivity contribution in [3.63, 3.8) is 0 Å². The minimum absolute atomic E-state index is 0.0592. The average Bonchev–Trinajstić information content (AvgIpc) is 3.48. The van der Waals surface area contributed by atoms with Gasteiger partial charge in [0.1, 0.15) is 17.8 Å². The molecule has 2 aromatic heterocycles. The molecule has 3 atom stereocenters. The molecule has 1 fully saturated rings. The van der Waals surface area contributed by atoms with Crippen molar-refractivity contribution in [3.05, 3.63) is 81.8 Å². The number of carbonyl (C=O) groups excluding carboxylic acids is 3. The van der Waals surface area contributed by atoms with Crippen LogP contribution in [0.5, 0.6) is 5.75 Å². The fourth-order valence-electron chi connectivity index (χ4n) is 4.38. The molecule has 0 saturated carbocycles. The van der Waals surface area contributed by atoms with Crippen molar-refractivity contribution in [2.45, 2.75) is 32.0 Å². The van der Waals surface area contributed by atoms with Crippen molar-refractivity contribution in [3.8, 4) is 5.75 Å². The SMILES string of the molecule is CC1Cc2cc(C(=O)C3C(=O)C(=O)N(Cc4cccnc4)C3c3cccs3)ccc2O1. The van der Waals surface area contributed by atoms with Crippen molar-refractivity contribution < 1.29 is 19.1 Å². The molecular weight excluding hydrogens is 412 g/mol. The first-order valence-corrected chi connectivity index (χ1v) is 11.0. The number of carbonyl (C=O) groups is 3. The highest BCUT2D eigenvalue weighted by molar-refractivity contribution is 7.10. The molecule has 3 aromatic rings. The van der Waals surface area contributed by atoms with Crippen LogP contribution >= 0.6 is 11.3 Å². The van der Waals surface area contributed by atoms with Gasteiger partial charge in [-0.25, -0.2) is 0 Å². The van der Waals surface area contributed by atoms with Gasteiger partial charge >= 0.3 is 0 Å². The maximum absolute atomic E-state index is 13.5. The van der Waals surface area contributed by atoms with Crippen molar-refractivity contribution >= 4 is 28.8 Å². The summed E-state index contributed by atoms with van der Waals surface area (Å²) in [4.78, 5) is 46.0. The highest BCUT2D eigenvalue weighted by atomic mass is 32.1. The normalized spacial score (nSPS) is 22.5. The monoisotopic (exact) mass is 432 g/mol. The van der Waals surface area contributed by atoms with E-state index in [9.17, 15) is 14.4 Å². The number of rotatable bonds is 5. The van der Waals surface area contributed by atoms with E-state index in [0.29, 0.717) is 5.56 Å². The Morgan fingerprint density at radius 2 is 2.10 bits per heavy atom. The van der Waals surface area contributed by atoms with Gasteiger partial charge in [0.05, 0.1) is 6.04 Å². The Balaban J connectivity index is 1.52. The van der Waals surface area contributed by atoms with E-state index in [1.165, 1.54) is 16.2 Å². The Hall–Kier alpha value is -3.32. The summed E-state index contributed by atoms with van der Waals surface area (Å²) in [5.41, 5.74) is 2.20. The number of Topliss-reactive ketones (excluding diaryl/α,β-unsaturated/α-hetero) is 2. The Bertz CT molecular complexity index is 1160. The van der Waals surface area contributed by atoms with Crippen LogP contribution in [0.15, 0.2) is 60.2 Å². The number of benzene rings is 1. The first-order chi connectivity index (χ1) is 15.0. The van der Waals surface area contributed by atoms with E-state index in [1.54, 1.807) is 36.7 Å². The third kappa shape index (κ3) is 3.45. The molecule has 7 heteroatoms. The number of hydrogen-bond acceptors (Lipinski definition) is 6. The molecule has 0 aliphatic carbocycles. The van der Waals surface area contributed by atoms with Gasteiger partial charge in [-0.05, 0) is 53.8 Å². The lowest BCUT2D eigenvalue weighted by atomic mass is 9.88. The second kappa shape index (κ2) is 7.74. The molecule has 5 rings (SSSR count). The molecule has 6 nitrogen and oxygen atoms in total. The van der Waals surface area contributed by atoms with Crippen LogP contribution in [0.1, 0.15) is 39.3 Å². The lowest BCUT2D eigenvalue weighted by Gasteiger charge is -2.26. The highest BCUT2D eigenvalue weighted by Crippen LogP contribution is 2.41. The summed E-state index contributed by atoms with van der Waals surface area (Å²) in [5, 5.41) is 1.89. The van der Waals surface area contributed by atoms with Crippen LogP contribution in [-0.4, -0.2) is 33.5 Å². The molecule has 156 valence electrons. The van der Waals surface area contributed by atoms with E-state index < -0.39 is 23.7 Å². The zero-order valence-electron chi connectivity index (χ0n) is 16.9. The first kappa shape index (κ1) is 19.6. The van der Waals surface area contributed by atoms with Crippen LogP contribution in [-0.2, 0) is 22.6 Å². The largest absolute Gasteiger partial charge is 0.490 e. The zero-order chi connectivity index (χ0) is 21.5. The molecule has 1 saturated heterocycles. The molecule has 2 aliphatic rings. The van der Waals surface area contributed by atoms with Gasteiger partial charge in [-0.15, -0.1) is 11.3 Å². The number of aromatic nitrogens is 1. The van der Waals surface area contributed by atoms with Crippen molar-refractivity contribution in [1.82, 2.24) is 9.88 Å². The van der Waals surface area contributed by atoms with E-state index in [0.717, 1.165) is 28.2 Å². The molecular formula is C24H20N2O4S. The predicted molar refractivity (Wildman–Crippen MR) is 115 cm³/mol. The lowest BCUT2D eigenvalue weighted by molar-refractivity contribution is -0.141. The average molecular weight is 433 g/mol. The van der Waals surface area contributed by atoms with Crippen LogP contribution in [0.2, 0.25) is 0 Å². The molecule has 4 heterocycles. The maximum atomic E-state index is 13.5. The fraction of sp³-hybridized carbons (Fsp3) is 0.250. The summed E-state index contributed by atoms with van der Waals surface area (Å²) >= 11 is 1.44. The molecule has 0 bridgehead atoms. The number of ether oxygens (including phenoxy) is 1. The molecule has 31 heavy (non-hydrogen) atoms. The van der Waals surface area contributed by atoms with Gasteiger partial charge in [0.2, 0.25) is 5.78 Å². The van der Waals surface area contributed by atoms with E-state index in [4.69, 9.17) is 4.74 Å². The van der Waals surface area contributed by atoms with Gasteiger partial charge < -0.3 is 9.64 Å². The molecule has 1 amide bonds. The highest BCUT2D eigenvalue weighted by Gasteiger charge is 2.52. The Labute approximate surface area is 183 Å². The van der Waals surface area contributed by atoms with Crippen LogP contribution in [0.25, 0.3) is 0 Å². The fourth-order valence-corrected chi connectivity index (χ4v) is 5.25. The van der Waals surface area contributed by atoms with Gasteiger partial charge in [0.25, 0.3) is 5.91 Å². The van der Waals surface area contributed by atoms with Gasteiger partial charge in [-0.2, -0.15) is 0 Å². The molecule has 2 aliphatic heterocycles. The van der Waals surface area contributed by atoms with Crippen LogP contribution in [0.4, 0.5) is 0 Å². The minimum atomic E-state index is -1.07. The Kier molecular flexibility index (Phi) is 4.90. The third-order valence-electron chi connectivity index (χ3n) is 5.78. The number of amides is 1. The minimum Gasteiger partial charge on any atom is -0.490 e. The molecule has 1 aromatic carbocycles. The van der Waals surface area contributed by atoms with Gasteiger partial charge in [0, 0.05) is 35.8 Å². The second-order valence-electron chi connectivity index (χ2n) is 7.92. The number of fused-ring (bicyclic) bond motifs is 1. The summed E-state index contributed by atoms with van der Waals surface area (Å²) in [6.45, 7) is 2.20. The smallest absolute Gasteiger partial charge is 0.291 e. The van der Waals surface area contributed by atoms with E-state index in [2.05, 4.69) is 4.98 Å². The van der Waals surface area contributed by atoms with Gasteiger partial charge in [-0.1, -0.05) is 12.1 Å². The molecule has 0 radical (unpaired) electrons. The molecule has 3 unspecified atom stereocenters. The number of pyridine rings is 1. The molecule has 0 spiro atoms. The maximum Gasteiger partial charge on any atom is 0.291 e. The number of ketones is 2. The van der Waals surface area contributed by atoms with Crippen LogP contribution < -0.4 is 4.74 Å². The lowest BCUT2D eigenvalue weighted by Crippen LogP contribution is -2.29. The standard InChI is InChI=1S/C24H20N2O4S/c1-14-10-17-11-16(6-7-18(17)30-14)22(27)20-21(19-5-3-9-31-19)26(24(29)23(20)28)13-15-4-2-8-25-12-15/h2-9,11-12,14,20-21H,10,13H2,1H3. The summed E-state index contributed by atoms with van der Waals surface area (Å²) in [5.74, 6) is -1.91. The zero-order valence-corrected chi connectivity index (χ0v) is 17.7. The predicted octanol–water partition coefficient (Wildman–Crippen LogP) is 3.62. The van der Waals surface area contributed by atoms with Crippen molar-refractivity contribution in [1.29, 1.82) is 0 Å². The van der Waals surface area contributed by atoms with E-state index >= 15 is 0 Å². The van der Waals surface area contributed by atoms with Crippen LogP contribution in [0, 0.1) is 5.92 Å². The first-order valence-electron chi connectivity index (χ1n) is 10.1. The number of hydrogen-bond donors (Lipinski definition) is 0. The number of likely N-dealkylation sites (tertiary alicyclic amines) is 1. The number of nitrogens with zero attached hydrogens (tertiary/aromatic N) is 2. The third-order valence-corrected chi connectivity index (χ3v) is 6.72. The topological polar surface area (TPSA) is 76.6 Å². The van der Waals surface area contributed by atoms with Crippen LogP contribution in [0.3, 0.4) is 0 Å². The summed E-state index contributed by atoms with van der Waals surface area (Å²) < 4.78 is 5.72. The Morgan fingerprint density at radius 3 is 2.84 bits per heavy atom. The van der Waals surface area contributed by atoms with Crippen molar-refractivity contribution in [2.24, 2.45) is 5.92 Å². The van der Waals surface area contributed by atoms with E-state index in [-0.39, 0.29) is 18.4 Å². The quantitative estimate of drug-likeness (QED) is 0.350. The summed E-state index contributed by atoms with van der Waals surface area (Å²) in [6, 6.07) is 12.0. The summed E-state index contributed by atoms with van der Waals surface area (Å²) in [6.07, 6.45) is 4.10. The van der Waals surface area contributed by atoms with Gasteiger partial charge in [0.15, 0.2) is 5.78 Å². The van der Waals surface area contributed by atoms with Crippen molar-refractivity contribution in [2.75, 3.05) is 0 Å². The molecule has 0 N–H and O–H groups in total.